The summed E-state index contributed by atoms with van der Waals surface area (Å²) in [6.45, 7) is 10.6. The molecule has 2 N–H and O–H groups in total. The summed E-state index contributed by atoms with van der Waals surface area (Å²) in [7, 11) is 3.83. The number of alkyl carbamates (subject to hydrolysis) is 1. The Hall–Kier alpha value is -2.05. The molecule has 0 saturated heterocycles. The number of rotatable bonds is 11. The Balaban J connectivity index is 2.14. The maximum atomic E-state index is 12.2. The maximum Gasteiger partial charge on any atom is 0.407 e. The molecule has 2 rings (SSSR count). The van der Waals surface area contributed by atoms with Crippen LogP contribution in [-0.4, -0.2) is 47.7 Å². The van der Waals surface area contributed by atoms with E-state index in [2.05, 4.69) is 55.2 Å². The number of aryl methyl sites for hydroxylation is 2. The maximum absolute atomic E-state index is 12.2. The third-order valence-electron chi connectivity index (χ3n) is 5.90. The van der Waals surface area contributed by atoms with Crippen LogP contribution in [0.15, 0.2) is 24.4 Å². The van der Waals surface area contributed by atoms with Gasteiger partial charge in [-0.15, -0.1) is 0 Å². The van der Waals surface area contributed by atoms with Gasteiger partial charge in [0.2, 0.25) is 0 Å². The zero-order valence-electron chi connectivity index (χ0n) is 20.9. The number of amides is 1. The largest absolute Gasteiger partial charge is 0.444 e. The van der Waals surface area contributed by atoms with E-state index in [-0.39, 0.29) is 12.6 Å². The molecule has 1 aromatic heterocycles. The number of carbonyl (C=O) groups is 1. The summed E-state index contributed by atoms with van der Waals surface area (Å²) < 4.78 is 12.8. The first-order valence-electron chi connectivity index (χ1n) is 11.7. The van der Waals surface area contributed by atoms with Gasteiger partial charge in [0.1, 0.15) is 5.60 Å². The smallest absolute Gasteiger partial charge is 0.407 e. The lowest BCUT2D eigenvalue weighted by Crippen LogP contribution is -2.42. The van der Waals surface area contributed by atoms with E-state index in [0.717, 1.165) is 25.9 Å². The van der Waals surface area contributed by atoms with E-state index < -0.39 is 11.7 Å². The van der Waals surface area contributed by atoms with Crippen LogP contribution in [0.5, 0.6) is 0 Å². The molecular formula is C26H42N2O4. The number of carbonyl (C=O) groups excluding carboxylic acids is 1. The fourth-order valence-corrected chi connectivity index (χ4v) is 4.17. The van der Waals surface area contributed by atoms with Crippen LogP contribution in [0.1, 0.15) is 58.6 Å². The van der Waals surface area contributed by atoms with Crippen LogP contribution < -0.4 is 5.32 Å². The fraction of sp³-hybridized carbons (Fsp3) is 0.654. The van der Waals surface area contributed by atoms with Crippen molar-refractivity contribution in [2.75, 3.05) is 20.3 Å². The number of nitrogens with zero attached hydrogens (tertiary/aromatic N) is 1. The molecule has 6 nitrogen and oxygen atoms in total. The molecule has 2 atom stereocenters. The Morgan fingerprint density at radius 2 is 1.97 bits per heavy atom. The molecule has 6 heteroatoms. The highest BCUT2D eigenvalue weighted by Gasteiger charge is 2.24. The second-order valence-electron chi connectivity index (χ2n) is 10.2. The van der Waals surface area contributed by atoms with Crippen LogP contribution in [0.3, 0.4) is 0 Å². The summed E-state index contributed by atoms with van der Waals surface area (Å²) in [5.41, 5.74) is 3.31. The predicted molar refractivity (Wildman–Crippen MR) is 130 cm³/mol. The molecule has 0 saturated carbocycles. The van der Waals surface area contributed by atoms with E-state index in [9.17, 15) is 9.90 Å². The third-order valence-corrected chi connectivity index (χ3v) is 5.90. The highest BCUT2D eigenvalue weighted by molar-refractivity contribution is 5.84. The minimum Gasteiger partial charge on any atom is -0.444 e. The van der Waals surface area contributed by atoms with Crippen molar-refractivity contribution in [2.24, 2.45) is 18.9 Å². The number of hydrogen-bond acceptors (Lipinski definition) is 4. The monoisotopic (exact) mass is 446 g/mol. The summed E-state index contributed by atoms with van der Waals surface area (Å²) in [4.78, 5) is 12.2. The van der Waals surface area contributed by atoms with Crippen LogP contribution in [-0.2, 0) is 29.4 Å². The molecule has 1 amide bonds. The Morgan fingerprint density at radius 3 is 2.56 bits per heavy atom. The lowest BCUT2D eigenvalue weighted by Gasteiger charge is -2.27. The van der Waals surface area contributed by atoms with Crippen molar-refractivity contribution in [3.63, 3.8) is 0 Å². The van der Waals surface area contributed by atoms with Gasteiger partial charge in [0.05, 0.1) is 12.6 Å². The highest BCUT2D eigenvalue weighted by atomic mass is 16.6. The van der Waals surface area contributed by atoms with Gasteiger partial charge in [-0.05, 0) is 81.5 Å². The summed E-state index contributed by atoms with van der Waals surface area (Å²) in [6, 6.07) is 6.38. The van der Waals surface area contributed by atoms with E-state index in [4.69, 9.17) is 9.47 Å². The van der Waals surface area contributed by atoms with Gasteiger partial charge in [-0.25, -0.2) is 4.79 Å². The molecule has 0 aliphatic carbocycles. The van der Waals surface area contributed by atoms with Crippen LogP contribution >= 0.6 is 0 Å². The lowest BCUT2D eigenvalue weighted by atomic mass is 9.84. The van der Waals surface area contributed by atoms with E-state index >= 15 is 0 Å². The number of aromatic nitrogens is 1. The van der Waals surface area contributed by atoms with E-state index in [1.807, 2.05) is 20.8 Å². The van der Waals surface area contributed by atoms with Gasteiger partial charge in [-0.3, -0.25) is 0 Å². The number of aliphatic hydroxyl groups is 1. The third kappa shape index (κ3) is 7.82. The zero-order valence-corrected chi connectivity index (χ0v) is 20.9. The van der Waals surface area contributed by atoms with Gasteiger partial charge in [0.15, 0.2) is 0 Å². The average Bonchev–Trinajstić information content (AvgIpc) is 3.00. The normalized spacial score (nSPS) is 14.0. The van der Waals surface area contributed by atoms with E-state index in [1.165, 1.54) is 22.0 Å². The highest BCUT2D eigenvalue weighted by Crippen LogP contribution is 2.28. The first-order valence-corrected chi connectivity index (χ1v) is 11.7. The van der Waals surface area contributed by atoms with Crippen molar-refractivity contribution in [3.8, 4) is 0 Å². The Kier molecular flexibility index (Phi) is 9.59. The summed E-state index contributed by atoms with van der Waals surface area (Å²) >= 11 is 0. The number of ether oxygens (including phenoxy) is 2. The number of benzene rings is 1. The molecule has 0 fully saturated rings. The number of hydrogen-bond donors (Lipinski definition) is 2. The van der Waals surface area contributed by atoms with Gasteiger partial charge in [0.25, 0.3) is 0 Å². The minimum absolute atomic E-state index is 0.107. The average molecular weight is 447 g/mol. The molecule has 0 aliphatic heterocycles. The second-order valence-corrected chi connectivity index (χ2v) is 10.2. The fourth-order valence-electron chi connectivity index (χ4n) is 4.17. The molecule has 180 valence electrons. The van der Waals surface area contributed by atoms with E-state index in [1.54, 1.807) is 7.11 Å². The second kappa shape index (κ2) is 11.7. The van der Waals surface area contributed by atoms with Crippen LogP contribution in [0, 0.1) is 11.8 Å². The molecule has 0 radical (unpaired) electrons. The van der Waals surface area contributed by atoms with Crippen molar-refractivity contribution in [2.45, 2.75) is 71.9 Å². The van der Waals surface area contributed by atoms with Gasteiger partial charge < -0.3 is 24.5 Å². The molecule has 0 bridgehead atoms. The lowest BCUT2D eigenvalue weighted by molar-refractivity contribution is 0.0468. The van der Waals surface area contributed by atoms with Crippen molar-refractivity contribution >= 4 is 17.0 Å². The first-order chi connectivity index (χ1) is 15.0. The first kappa shape index (κ1) is 26.2. The zero-order chi connectivity index (χ0) is 23.9. The Bertz CT molecular complexity index is 867. The number of nitrogens with one attached hydrogen (secondary N) is 1. The van der Waals surface area contributed by atoms with Crippen LogP contribution in [0.25, 0.3) is 10.9 Å². The molecular weight excluding hydrogens is 404 g/mol. The number of methoxy groups -OCH3 is 1. The van der Waals surface area contributed by atoms with E-state index in [0.29, 0.717) is 18.3 Å². The van der Waals surface area contributed by atoms with Gasteiger partial charge >= 0.3 is 6.09 Å². The quantitative estimate of drug-likeness (QED) is 0.484. The van der Waals surface area contributed by atoms with Gasteiger partial charge in [0, 0.05) is 37.9 Å². The number of fused-ring (bicyclic) bond motifs is 1. The van der Waals surface area contributed by atoms with Crippen molar-refractivity contribution in [3.05, 3.63) is 35.5 Å². The molecule has 0 spiro atoms. The molecule has 1 aromatic carbocycles. The Labute approximate surface area is 193 Å². The summed E-state index contributed by atoms with van der Waals surface area (Å²) in [6.07, 6.45) is 5.33. The predicted octanol–water partition coefficient (Wildman–Crippen LogP) is 4.85. The summed E-state index contributed by atoms with van der Waals surface area (Å²) in [5.74, 6) is 0.734. The number of aliphatic hydroxyl groups excluding tert-OH is 1. The molecule has 0 aliphatic rings. The SMILES string of the molecule is COCCCc1cn(C)c2ccc(CC(CC(CO)NC(=O)OC(C)(C)C)C(C)C)cc12. The van der Waals surface area contributed by atoms with Crippen molar-refractivity contribution in [1.82, 2.24) is 9.88 Å². The summed E-state index contributed by atoms with van der Waals surface area (Å²) in [5, 5.41) is 14.0. The van der Waals surface area contributed by atoms with Crippen LogP contribution in [0.2, 0.25) is 0 Å². The standard InChI is InChI=1S/C26H42N2O4/c1-18(2)21(15-22(17-29)27-25(30)32-26(3,4)5)13-19-10-11-24-23(14-19)20(16-28(24)6)9-8-12-31-7/h10-11,14,16,18,21-22,29H,8-9,12-13,15,17H2,1-7H3,(H,27,30). The molecule has 1 heterocycles. The Morgan fingerprint density at radius 1 is 1.25 bits per heavy atom. The van der Waals surface area contributed by atoms with Gasteiger partial charge in [-0.1, -0.05) is 19.9 Å². The molecule has 2 aromatic rings. The molecule has 2 unspecified atom stereocenters. The topological polar surface area (TPSA) is 72.7 Å². The minimum atomic E-state index is -0.562. The molecule has 32 heavy (non-hydrogen) atoms. The van der Waals surface area contributed by atoms with Gasteiger partial charge in [-0.2, -0.15) is 0 Å². The van der Waals surface area contributed by atoms with Crippen LogP contribution in [0.4, 0.5) is 4.79 Å². The van der Waals surface area contributed by atoms with Crippen molar-refractivity contribution < 1.29 is 19.4 Å². The van der Waals surface area contributed by atoms with Crippen molar-refractivity contribution in [1.29, 1.82) is 0 Å².